The minimum absolute atomic E-state index is 0.108. The van der Waals surface area contributed by atoms with Gasteiger partial charge in [0.1, 0.15) is 0 Å². The molecule has 0 aliphatic heterocycles. The zero-order valence-electron chi connectivity index (χ0n) is 9.50. The lowest BCUT2D eigenvalue weighted by atomic mass is 10.2. The SMILES string of the molecule is CC(N)c1ccn(CCc2ccccn2)c1. The van der Waals surface area contributed by atoms with Crippen molar-refractivity contribution in [2.45, 2.75) is 25.9 Å². The van der Waals surface area contributed by atoms with Gasteiger partial charge in [-0.25, -0.2) is 0 Å². The van der Waals surface area contributed by atoms with Gasteiger partial charge in [-0.15, -0.1) is 0 Å². The first kappa shape index (κ1) is 10.9. The van der Waals surface area contributed by atoms with Gasteiger partial charge in [0.25, 0.3) is 0 Å². The predicted molar refractivity (Wildman–Crippen MR) is 65.0 cm³/mol. The lowest BCUT2D eigenvalue weighted by Crippen LogP contribution is -2.04. The summed E-state index contributed by atoms with van der Waals surface area (Å²) in [6.45, 7) is 2.95. The van der Waals surface area contributed by atoms with Gasteiger partial charge in [-0.1, -0.05) is 6.07 Å². The summed E-state index contributed by atoms with van der Waals surface area (Å²) in [4.78, 5) is 4.30. The highest BCUT2D eigenvalue weighted by molar-refractivity contribution is 5.14. The van der Waals surface area contributed by atoms with Gasteiger partial charge in [0.2, 0.25) is 0 Å². The summed E-state index contributed by atoms with van der Waals surface area (Å²) < 4.78 is 2.16. The van der Waals surface area contributed by atoms with E-state index in [9.17, 15) is 0 Å². The zero-order valence-corrected chi connectivity index (χ0v) is 9.50. The van der Waals surface area contributed by atoms with Gasteiger partial charge in [0, 0.05) is 43.3 Å². The van der Waals surface area contributed by atoms with Crippen molar-refractivity contribution in [3.63, 3.8) is 0 Å². The summed E-state index contributed by atoms with van der Waals surface area (Å²) in [7, 11) is 0. The van der Waals surface area contributed by atoms with Gasteiger partial charge in [-0.2, -0.15) is 0 Å². The van der Waals surface area contributed by atoms with E-state index in [1.54, 1.807) is 0 Å². The Morgan fingerprint density at radius 3 is 2.88 bits per heavy atom. The first-order valence-electron chi connectivity index (χ1n) is 5.57. The maximum Gasteiger partial charge on any atom is 0.0421 e. The molecule has 0 spiro atoms. The molecule has 1 unspecified atom stereocenters. The number of aromatic nitrogens is 2. The number of nitrogens with zero attached hydrogens (tertiary/aromatic N) is 2. The Morgan fingerprint density at radius 1 is 1.38 bits per heavy atom. The van der Waals surface area contributed by atoms with E-state index >= 15 is 0 Å². The molecule has 3 heteroatoms. The second-order valence-electron chi connectivity index (χ2n) is 4.04. The predicted octanol–water partition coefficient (Wildman–Crippen LogP) is 2.15. The molecule has 2 heterocycles. The Balaban J connectivity index is 1.95. The molecule has 1 atom stereocenters. The summed E-state index contributed by atoms with van der Waals surface area (Å²) in [6, 6.07) is 8.19. The van der Waals surface area contributed by atoms with Gasteiger partial charge in [0.05, 0.1) is 0 Å². The van der Waals surface area contributed by atoms with Crippen LogP contribution < -0.4 is 5.73 Å². The Kier molecular flexibility index (Phi) is 3.37. The molecular weight excluding hydrogens is 198 g/mol. The molecule has 2 rings (SSSR count). The summed E-state index contributed by atoms with van der Waals surface area (Å²) >= 11 is 0. The molecule has 0 saturated carbocycles. The molecule has 0 aliphatic carbocycles. The molecule has 84 valence electrons. The average molecular weight is 215 g/mol. The second kappa shape index (κ2) is 4.94. The van der Waals surface area contributed by atoms with E-state index in [-0.39, 0.29) is 6.04 Å². The summed E-state index contributed by atoms with van der Waals surface area (Å²) in [5.74, 6) is 0. The van der Waals surface area contributed by atoms with Gasteiger partial charge in [0.15, 0.2) is 0 Å². The number of nitrogens with two attached hydrogens (primary N) is 1. The van der Waals surface area contributed by atoms with Crippen LogP contribution in [0.4, 0.5) is 0 Å². The Labute approximate surface area is 95.9 Å². The molecule has 0 aliphatic rings. The Bertz CT molecular complexity index is 431. The lowest BCUT2D eigenvalue weighted by molar-refractivity contribution is 0.684. The number of pyridine rings is 1. The number of rotatable bonds is 4. The molecule has 3 nitrogen and oxygen atoms in total. The molecular formula is C13H17N3. The van der Waals surface area contributed by atoms with E-state index in [0.717, 1.165) is 18.7 Å². The van der Waals surface area contributed by atoms with E-state index in [4.69, 9.17) is 5.73 Å². The van der Waals surface area contributed by atoms with Gasteiger partial charge >= 0.3 is 0 Å². The lowest BCUT2D eigenvalue weighted by Gasteiger charge is -2.03. The van der Waals surface area contributed by atoms with Crippen LogP contribution in [0, 0.1) is 0 Å². The fraction of sp³-hybridized carbons (Fsp3) is 0.308. The topological polar surface area (TPSA) is 43.8 Å². The molecule has 2 N–H and O–H groups in total. The van der Waals surface area contributed by atoms with Gasteiger partial charge < -0.3 is 10.3 Å². The largest absolute Gasteiger partial charge is 0.354 e. The van der Waals surface area contributed by atoms with E-state index in [0.29, 0.717) is 0 Å². The number of aryl methyl sites for hydroxylation is 2. The molecule has 0 saturated heterocycles. The highest BCUT2D eigenvalue weighted by atomic mass is 14.9. The van der Waals surface area contributed by atoms with E-state index in [1.165, 1.54) is 5.56 Å². The first-order valence-corrected chi connectivity index (χ1v) is 5.57. The highest BCUT2D eigenvalue weighted by Crippen LogP contribution is 2.10. The first-order chi connectivity index (χ1) is 7.75. The second-order valence-corrected chi connectivity index (χ2v) is 4.04. The molecule has 16 heavy (non-hydrogen) atoms. The van der Waals surface area contributed by atoms with Crippen molar-refractivity contribution in [3.05, 3.63) is 54.1 Å². The van der Waals surface area contributed by atoms with Crippen LogP contribution in [0.15, 0.2) is 42.9 Å². The number of hydrogen-bond donors (Lipinski definition) is 1. The van der Waals surface area contributed by atoms with Crippen molar-refractivity contribution < 1.29 is 0 Å². The van der Waals surface area contributed by atoms with Crippen LogP contribution in [0.2, 0.25) is 0 Å². The smallest absolute Gasteiger partial charge is 0.0421 e. The summed E-state index contributed by atoms with van der Waals surface area (Å²) in [5.41, 5.74) is 8.11. The normalized spacial score (nSPS) is 12.6. The molecule has 2 aromatic heterocycles. The third kappa shape index (κ3) is 2.70. The van der Waals surface area contributed by atoms with Crippen LogP contribution in [0.1, 0.15) is 24.2 Å². The van der Waals surface area contributed by atoms with Crippen LogP contribution in [-0.2, 0) is 13.0 Å². The molecule has 0 radical (unpaired) electrons. The van der Waals surface area contributed by atoms with Crippen molar-refractivity contribution in [1.82, 2.24) is 9.55 Å². The molecule has 0 aromatic carbocycles. The quantitative estimate of drug-likeness (QED) is 0.849. The van der Waals surface area contributed by atoms with E-state index in [2.05, 4.69) is 34.1 Å². The Hall–Kier alpha value is -1.61. The van der Waals surface area contributed by atoms with E-state index in [1.807, 2.05) is 25.3 Å². The van der Waals surface area contributed by atoms with Crippen molar-refractivity contribution in [3.8, 4) is 0 Å². The van der Waals surface area contributed by atoms with Crippen LogP contribution in [0.5, 0.6) is 0 Å². The van der Waals surface area contributed by atoms with Gasteiger partial charge in [-0.05, 0) is 30.7 Å². The average Bonchev–Trinajstić information content (AvgIpc) is 2.76. The van der Waals surface area contributed by atoms with Crippen molar-refractivity contribution in [2.75, 3.05) is 0 Å². The van der Waals surface area contributed by atoms with Crippen LogP contribution in [-0.4, -0.2) is 9.55 Å². The molecule has 0 bridgehead atoms. The highest BCUT2D eigenvalue weighted by Gasteiger charge is 2.01. The van der Waals surface area contributed by atoms with Gasteiger partial charge in [-0.3, -0.25) is 4.98 Å². The van der Waals surface area contributed by atoms with Crippen LogP contribution >= 0.6 is 0 Å². The summed E-state index contributed by atoms with van der Waals surface area (Å²) in [5, 5.41) is 0. The third-order valence-corrected chi connectivity index (χ3v) is 2.65. The van der Waals surface area contributed by atoms with Crippen molar-refractivity contribution >= 4 is 0 Å². The molecule has 0 fully saturated rings. The zero-order chi connectivity index (χ0) is 11.4. The van der Waals surface area contributed by atoms with E-state index < -0.39 is 0 Å². The number of hydrogen-bond acceptors (Lipinski definition) is 2. The molecule has 0 amide bonds. The standard InChI is InChI=1S/C13H17N3/c1-11(14)12-5-8-16(10-12)9-6-13-4-2-3-7-15-13/h2-5,7-8,10-11H,6,9,14H2,1H3. The Morgan fingerprint density at radius 2 is 2.25 bits per heavy atom. The van der Waals surface area contributed by atoms with Crippen molar-refractivity contribution in [2.24, 2.45) is 5.73 Å². The maximum atomic E-state index is 5.81. The minimum Gasteiger partial charge on any atom is -0.354 e. The minimum atomic E-state index is 0.108. The molecule has 2 aromatic rings. The van der Waals surface area contributed by atoms with Crippen LogP contribution in [0.25, 0.3) is 0 Å². The summed E-state index contributed by atoms with van der Waals surface area (Å²) in [6.07, 6.45) is 6.96. The fourth-order valence-electron chi connectivity index (χ4n) is 1.66. The third-order valence-electron chi connectivity index (χ3n) is 2.65. The maximum absolute atomic E-state index is 5.81. The van der Waals surface area contributed by atoms with Crippen molar-refractivity contribution in [1.29, 1.82) is 0 Å². The monoisotopic (exact) mass is 215 g/mol. The van der Waals surface area contributed by atoms with Crippen LogP contribution in [0.3, 0.4) is 0 Å². The fourth-order valence-corrected chi connectivity index (χ4v) is 1.66.